The van der Waals surface area contributed by atoms with Gasteiger partial charge in [-0.25, -0.2) is 0 Å². The zero-order valence-corrected chi connectivity index (χ0v) is 9.77. The first kappa shape index (κ1) is 13.1. The third kappa shape index (κ3) is 4.16. The highest BCUT2D eigenvalue weighted by atomic mass is 16.5. The molecular formula is C12H14N2O3. The number of ketones is 2. The maximum atomic E-state index is 11.5. The first-order valence-electron chi connectivity index (χ1n) is 5.07. The molecular weight excluding hydrogens is 220 g/mol. The highest BCUT2D eigenvalue weighted by molar-refractivity contribution is 6.66. The van der Waals surface area contributed by atoms with Gasteiger partial charge >= 0.3 is 0 Å². The molecule has 0 unspecified atom stereocenters. The van der Waals surface area contributed by atoms with E-state index in [1.807, 2.05) is 18.2 Å². The van der Waals surface area contributed by atoms with Crippen LogP contribution in [-0.2, 0) is 14.3 Å². The van der Waals surface area contributed by atoms with Gasteiger partial charge in [-0.05, 0) is 12.1 Å². The largest absolute Gasteiger partial charge is 0.376 e. The van der Waals surface area contributed by atoms with Crippen molar-refractivity contribution in [1.82, 2.24) is 0 Å². The molecule has 0 spiro atoms. The molecule has 1 rings (SSSR count). The van der Waals surface area contributed by atoms with E-state index < -0.39 is 11.6 Å². The number of anilines is 1. The summed E-state index contributed by atoms with van der Waals surface area (Å²) >= 11 is 0. The van der Waals surface area contributed by atoms with Crippen LogP contribution in [0.25, 0.3) is 0 Å². The van der Waals surface area contributed by atoms with E-state index in [-0.39, 0.29) is 12.3 Å². The summed E-state index contributed by atoms with van der Waals surface area (Å²) in [5, 5.41) is 3.80. The van der Waals surface area contributed by atoms with E-state index in [9.17, 15) is 9.59 Å². The highest BCUT2D eigenvalue weighted by Gasteiger charge is 2.16. The fraction of sp³-hybridized carbons (Fsp3) is 0.250. The van der Waals surface area contributed by atoms with Crippen LogP contribution in [0.1, 0.15) is 6.92 Å². The quantitative estimate of drug-likeness (QED) is 0.457. The summed E-state index contributed by atoms with van der Waals surface area (Å²) in [6.45, 7) is 1.13. The standard InChI is InChI=1S/C12H14N2O3/c1-9(15)12(11(16)8-17-2)14-13-10-6-4-3-5-7-10/h3-7,13H,8H2,1-2H3/b14-12-. The molecule has 0 radical (unpaired) electrons. The van der Waals surface area contributed by atoms with Gasteiger partial charge in [0.1, 0.15) is 6.61 Å². The lowest BCUT2D eigenvalue weighted by Gasteiger charge is -2.03. The fourth-order valence-electron chi connectivity index (χ4n) is 1.17. The Morgan fingerprint density at radius 3 is 2.47 bits per heavy atom. The Morgan fingerprint density at radius 1 is 1.29 bits per heavy atom. The van der Waals surface area contributed by atoms with E-state index in [1.165, 1.54) is 14.0 Å². The van der Waals surface area contributed by atoms with Crippen LogP contribution in [0, 0.1) is 0 Å². The van der Waals surface area contributed by atoms with Crippen molar-refractivity contribution in [3.05, 3.63) is 30.3 Å². The van der Waals surface area contributed by atoms with Crippen molar-refractivity contribution < 1.29 is 14.3 Å². The zero-order chi connectivity index (χ0) is 12.7. The molecule has 5 heteroatoms. The number of rotatable bonds is 6. The second-order valence-corrected chi connectivity index (χ2v) is 3.35. The molecule has 0 bridgehead atoms. The number of ether oxygens (including phenoxy) is 1. The Bertz CT molecular complexity index is 427. The molecule has 0 heterocycles. The molecule has 0 aromatic heterocycles. The molecule has 0 atom stereocenters. The zero-order valence-electron chi connectivity index (χ0n) is 9.77. The third-order valence-corrected chi connectivity index (χ3v) is 1.94. The Morgan fingerprint density at radius 2 is 1.94 bits per heavy atom. The Labute approximate surface area is 99.5 Å². The van der Waals surface area contributed by atoms with Crippen LogP contribution in [0.3, 0.4) is 0 Å². The molecule has 0 fully saturated rings. The number of methoxy groups -OCH3 is 1. The number of benzene rings is 1. The second-order valence-electron chi connectivity index (χ2n) is 3.35. The molecule has 0 amide bonds. The summed E-state index contributed by atoms with van der Waals surface area (Å²) in [5.74, 6) is -0.834. The number of hydrazone groups is 1. The maximum Gasteiger partial charge on any atom is 0.212 e. The number of nitrogens with zero attached hydrogens (tertiary/aromatic N) is 1. The van der Waals surface area contributed by atoms with Crippen LogP contribution in [0.5, 0.6) is 0 Å². The molecule has 0 aliphatic heterocycles. The average molecular weight is 234 g/mol. The van der Waals surface area contributed by atoms with Crippen molar-refractivity contribution in [2.75, 3.05) is 19.1 Å². The minimum absolute atomic E-state index is 0.143. The van der Waals surface area contributed by atoms with E-state index in [0.29, 0.717) is 5.69 Å². The van der Waals surface area contributed by atoms with Gasteiger partial charge in [0, 0.05) is 14.0 Å². The lowest BCUT2D eigenvalue weighted by atomic mass is 10.2. The number of nitrogens with one attached hydrogen (secondary N) is 1. The summed E-state index contributed by atoms with van der Waals surface area (Å²) in [7, 11) is 1.39. The summed E-state index contributed by atoms with van der Waals surface area (Å²) in [6.07, 6.45) is 0. The molecule has 1 N–H and O–H groups in total. The molecule has 0 aliphatic rings. The SMILES string of the molecule is COCC(=O)/C(=N\Nc1ccccc1)C(C)=O. The number of hydrogen-bond donors (Lipinski definition) is 1. The minimum atomic E-state index is -0.441. The normalized spacial score (nSPS) is 11.1. The van der Waals surface area contributed by atoms with Crippen molar-refractivity contribution in [2.24, 2.45) is 5.10 Å². The molecule has 0 aliphatic carbocycles. The van der Waals surface area contributed by atoms with Crippen LogP contribution in [0.15, 0.2) is 35.4 Å². The topological polar surface area (TPSA) is 67.8 Å². The fourth-order valence-corrected chi connectivity index (χ4v) is 1.17. The van der Waals surface area contributed by atoms with Crippen molar-refractivity contribution in [1.29, 1.82) is 0 Å². The maximum absolute atomic E-state index is 11.5. The molecule has 1 aromatic rings. The predicted octanol–water partition coefficient (Wildman–Crippen LogP) is 1.26. The molecule has 17 heavy (non-hydrogen) atoms. The van der Waals surface area contributed by atoms with Gasteiger partial charge in [-0.15, -0.1) is 0 Å². The summed E-state index contributed by atoms with van der Waals surface area (Å²) in [6, 6.07) is 9.06. The first-order valence-corrected chi connectivity index (χ1v) is 5.07. The Balaban J connectivity index is 2.78. The number of hydrogen-bond acceptors (Lipinski definition) is 5. The van der Waals surface area contributed by atoms with E-state index in [0.717, 1.165) is 0 Å². The van der Waals surface area contributed by atoms with Crippen LogP contribution in [-0.4, -0.2) is 31.0 Å². The average Bonchev–Trinajstić information content (AvgIpc) is 2.30. The van der Waals surface area contributed by atoms with Gasteiger partial charge in [0.15, 0.2) is 11.5 Å². The Hall–Kier alpha value is -2.01. The molecule has 5 nitrogen and oxygen atoms in total. The van der Waals surface area contributed by atoms with Gasteiger partial charge in [0.25, 0.3) is 0 Å². The number of para-hydroxylation sites is 1. The number of carbonyl (C=O) groups is 2. The van der Waals surface area contributed by atoms with Gasteiger partial charge in [0.05, 0.1) is 5.69 Å². The van der Waals surface area contributed by atoms with Gasteiger partial charge in [-0.1, -0.05) is 18.2 Å². The van der Waals surface area contributed by atoms with Gasteiger partial charge in [0.2, 0.25) is 5.78 Å². The van der Waals surface area contributed by atoms with Crippen LogP contribution in [0.4, 0.5) is 5.69 Å². The van der Waals surface area contributed by atoms with E-state index in [1.54, 1.807) is 12.1 Å². The molecule has 90 valence electrons. The first-order chi connectivity index (χ1) is 8.15. The third-order valence-electron chi connectivity index (χ3n) is 1.94. The summed E-state index contributed by atoms with van der Waals surface area (Å²) in [5.41, 5.74) is 3.22. The Kier molecular flexibility index (Phi) is 5.03. The van der Waals surface area contributed by atoms with Crippen molar-refractivity contribution in [3.8, 4) is 0 Å². The van der Waals surface area contributed by atoms with Gasteiger partial charge in [-0.3, -0.25) is 15.0 Å². The molecule has 1 aromatic carbocycles. The highest BCUT2D eigenvalue weighted by Crippen LogP contribution is 2.04. The van der Waals surface area contributed by atoms with E-state index in [2.05, 4.69) is 15.3 Å². The van der Waals surface area contributed by atoms with E-state index in [4.69, 9.17) is 0 Å². The van der Waals surface area contributed by atoms with Crippen molar-refractivity contribution >= 4 is 23.0 Å². The number of carbonyl (C=O) groups excluding carboxylic acids is 2. The minimum Gasteiger partial charge on any atom is -0.376 e. The van der Waals surface area contributed by atoms with Crippen LogP contribution < -0.4 is 5.43 Å². The lowest BCUT2D eigenvalue weighted by Crippen LogP contribution is -2.26. The van der Waals surface area contributed by atoms with Crippen molar-refractivity contribution in [2.45, 2.75) is 6.92 Å². The van der Waals surface area contributed by atoms with Crippen molar-refractivity contribution in [3.63, 3.8) is 0 Å². The predicted molar refractivity (Wildman–Crippen MR) is 65.1 cm³/mol. The van der Waals surface area contributed by atoms with Gasteiger partial charge in [-0.2, -0.15) is 5.10 Å². The molecule has 0 saturated carbocycles. The van der Waals surface area contributed by atoms with E-state index >= 15 is 0 Å². The molecule has 0 saturated heterocycles. The smallest absolute Gasteiger partial charge is 0.212 e. The second kappa shape index (κ2) is 6.55. The summed E-state index contributed by atoms with van der Waals surface area (Å²) < 4.78 is 4.68. The van der Waals surface area contributed by atoms with Gasteiger partial charge < -0.3 is 4.74 Å². The summed E-state index contributed by atoms with van der Waals surface area (Å²) in [4.78, 5) is 22.7. The lowest BCUT2D eigenvalue weighted by molar-refractivity contribution is -0.118. The monoisotopic (exact) mass is 234 g/mol. The van der Waals surface area contributed by atoms with Crippen LogP contribution in [0.2, 0.25) is 0 Å². The van der Waals surface area contributed by atoms with Crippen LogP contribution >= 0.6 is 0 Å². The number of Topliss-reactive ketones (excluding diaryl/α,β-unsaturated/α-hetero) is 2.